The molecule has 170 valence electrons. The summed E-state index contributed by atoms with van der Waals surface area (Å²) in [6, 6.07) is 4.49. The molecule has 2 aliphatic heterocycles. The lowest BCUT2D eigenvalue weighted by molar-refractivity contribution is 0.315. The molecule has 0 amide bonds. The van der Waals surface area contributed by atoms with E-state index in [4.69, 9.17) is 0 Å². The van der Waals surface area contributed by atoms with Gasteiger partial charge in [0.15, 0.2) is 11.3 Å². The van der Waals surface area contributed by atoms with Crippen LogP contribution in [-0.4, -0.2) is 40.7 Å². The van der Waals surface area contributed by atoms with E-state index in [1.165, 1.54) is 39.8 Å². The first-order valence-electron chi connectivity index (χ1n) is 9.79. The van der Waals surface area contributed by atoms with Gasteiger partial charge in [0, 0.05) is 10.6 Å². The lowest BCUT2D eigenvalue weighted by Gasteiger charge is -2.16. The van der Waals surface area contributed by atoms with Crippen LogP contribution in [-0.2, 0) is 10.0 Å². The average molecular weight is 498 g/mol. The van der Waals surface area contributed by atoms with Crippen molar-refractivity contribution in [2.24, 2.45) is 0 Å². The number of alkyl halides is 1. The summed E-state index contributed by atoms with van der Waals surface area (Å²) < 4.78 is 48.0. The first-order valence-corrected chi connectivity index (χ1v) is 13.1. The SMILES string of the molecule is Cc1sc(SCCCCCF)c2c(NS(=O)(=O)c3cccc4nonc34)nc(=O)n-2c1C. The van der Waals surface area contributed by atoms with Crippen LogP contribution in [0.25, 0.3) is 16.7 Å². The number of hydrogen-bond acceptors (Lipinski definition) is 9. The van der Waals surface area contributed by atoms with E-state index in [1.54, 1.807) is 13.0 Å². The van der Waals surface area contributed by atoms with Crippen LogP contribution in [0.5, 0.6) is 0 Å². The van der Waals surface area contributed by atoms with Crippen molar-refractivity contribution < 1.29 is 17.4 Å². The molecule has 0 saturated carbocycles. The maximum absolute atomic E-state index is 13.2. The molecule has 9 nitrogen and oxygen atoms in total. The number of rotatable bonds is 9. The Kier molecular flexibility index (Phi) is 6.49. The van der Waals surface area contributed by atoms with E-state index in [9.17, 15) is 17.6 Å². The third kappa shape index (κ3) is 4.24. The molecule has 32 heavy (non-hydrogen) atoms. The largest absolute Gasteiger partial charge is 0.354 e. The number of unbranched alkanes of at least 4 members (excludes halogenated alkanes) is 2. The molecule has 0 aliphatic carbocycles. The molecule has 2 aromatic rings. The van der Waals surface area contributed by atoms with Gasteiger partial charge in [0.2, 0.25) is 0 Å². The molecule has 4 rings (SSSR count). The molecule has 13 heteroatoms. The van der Waals surface area contributed by atoms with Gasteiger partial charge in [0.05, 0.1) is 10.9 Å². The zero-order chi connectivity index (χ0) is 22.9. The van der Waals surface area contributed by atoms with E-state index in [0.717, 1.165) is 21.9 Å². The molecule has 0 spiro atoms. The van der Waals surface area contributed by atoms with Crippen LogP contribution in [0.1, 0.15) is 29.8 Å². The Morgan fingerprint density at radius 3 is 2.81 bits per heavy atom. The molecule has 0 saturated heterocycles. The van der Waals surface area contributed by atoms with Crippen LogP contribution < -0.4 is 10.4 Å². The van der Waals surface area contributed by atoms with Crippen LogP contribution >= 0.6 is 23.1 Å². The molecule has 0 radical (unpaired) electrons. The van der Waals surface area contributed by atoms with Gasteiger partial charge in [-0.15, -0.1) is 23.1 Å². The standard InChI is InChI=1S/C19H20FN5O4S3/c1-11-12(2)31-18(30-10-5-3-4-9-20)16-17(21-19(26)25(11)16)24-32(27,28)14-8-6-7-13-15(14)23-29-22-13/h6-8H,3-5,9-10H2,1-2H3,(H,21,24,26). The molecule has 0 unspecified atom stereocenters. The normalized spacial score (nSPS) is 12.1. The number of hydrogen-bond donors (Lipinski definition) is 1. The molecule has 0 atom stereocenters. The number of thioether (sulfide) groups is 1. The van der Waals surface area contributed by atoms with E-state index < -0.39 is 15.7 Å². The quantitative estimate of drug-likeness (QED) is 0.273. The van der Waals surface area contributed by atoms with E-state index >= 15 is 0 Å². The zero-order valence-electron chi connectivity index (χ0n) is 17.3. The number of nitrogens with zero attached hydrogens (tertiary/aromatic N) is 4. The first kappa shape index (κ1) is 22.7. The van der Waals surface area contributed by atoms with Crippen molar-refractivity contribution in [1.29, 1.82) is 0 Å². The molecular weight excluding hydrogens is 477 g/mol. The second kappa shape index (κ2) is 9.16. The number of fused-ring (bicyclic) bond motifs is 2. The fourth-order valence-electron chi connectivity index (χ4n) is 3.21. The summed E-state index contributed by atoms with van der Waals surface area (Å²) in [4.78, 5) is 17.5. The number of benzene rings is 1. The molecular formula is C19H20FN5O4S3. The van der Waals surface area contributed by atoms with Gasteiger partial charge in [-0.1, -0.05) is 12.5 Å². The van der Waals surface area contributed by atoms with Gasteiger partial charge in [0.1, 0.15) is 16.1 Å². The number of halogens is 1. The smallest absolute Gasteiger partial charge is 0.261 e. The van der Waals surface area contributed by atoms with Crippen molar-refractivity contribution in [3.05, 3.63) is 39.3 Å². The lowest BCUT2D eigenvalue weighted by atomic mass is 10.3. The van der Waals surface area contributed by atoms with Crippen LogP contribution in [0, 0.1) is 13.8 Å². The minimum Gasteiger partial charge on any atom is -0.261 e. The molecule has 3 heterocycles. The van der Waals surface area contributed by atoms with Crippen LogP contribution in [0.4, 0.5) is 10.2 Å². The maximum atomic E-state index is 13.2. The molecule has 1 aromatic carbocycles. The highest BCUT2D eigenvalue weighted by molar-refractivity contribution is 8.01. The van der Waals surface area contributed by atoms with Gasteiger partial charge in [-0.25, -0.2) is 17.8 Å². The third-order valence-electron chi connectivity index (χ3n) is 4.91. The number of aromatic nitrogens is 4. The van der Waals surface area contributed by atoms with Gasteiger partial charge in [0.25, 0.3) is 10.0 Å². The highest BCUT2D eigenvalue weighted by Crippen LogP contribution is 2.39. The van der Waals surface area contributed by atoms with Gasteiger partial charge < -0.3 is 0 Å². The third-order valence-corrected chi connectivity index (χ3v) is 8.81. The summed E-state index contributed by atoms with van der Waals surface area (Å²) in [7, 11) is -4.13. The van der Waals surface area contributed by atoms with Crippen molar-refractivity contribution in [1.82, 2.24) is 19.9 Å². The van der Waals surface area contributed by atoms with E-state index in [2.05, 4.69) is 24.6 Å². The fraction of sp³-hybridized carbons (Fsp3) is 0.368. The number of aryl methyl sites for hydroxylation is 1. The lowest BCUT2D eigenvalue weighted by Crippen LogP contribution is -2.17. The van der Waals surface area contributed by atoms with Crippen molar-refractivity contribution in [3.63, 3.8) is 0 Å². The Hall–Kier alpha value is -2.51. The van der Waals surface area contributed by atoms with Crippen LogP contribution in [0.3, 0.4) is 0 Å². The number of imidazole rings is 1. The predicted molar refractivity (Wildman–Crippen MR) is 122 cm³/mol. The van der Waals surface area contributed by atoms with Crippen molar-refractivity contribution in [2.75, 3.05) is 17.1 Å². The van der Waals surface area contributed by atoms with Gasteiger partial charge in [-0.2, -0.15) is 4.98 Å². The van der Waals surface area contributed by atoms with E-state index in [-0.39, 0.29) is 22.9 Å². The van der Waals surface area contributed by atoms with E-state index in [0.29, 0.717) is 29.1 Å². The zero-order valence-corrected chi connectivity index (χ0v) is 19.7. The Bertz CT molecular complexity index is 1400. The second-order valence-electron chi connectivity index (χ2n) is 7.05. The molecule has 0 bridgehead atoms. The summed E-state index contributed by atoms with van der Waals surface area (Å²) in [5, 5.41) is 7.35. The van der Waals surface area contributed by atoms with Gasteiger partial charge in [-0.3, -0.25) is 13.7 Å². The summed E-state index contributed by atoms with van der Waals surface area (Å²) in [6.45, 7) is 3.34. The molecule has 0 fully saturated rings. The van der Waals surface area contributed by atoms with E-state index in [1.807, 2.05) is 6.92 Å². The Balaban J connectivity index is 1.74. The Morgan fingerprint density at radius 2 is 2.03 bits per heavy atom. The maximum Gasteiger partial charge on any atom is 0.354 e. The predicted octanol–water partition coefficient (Wildman–Crippen LogP) is 3.92. The summed E-state index contributed by atoms with van der Waals surface area (Å²) in [5.41, 5.74) is 0.922. The van der Waals surface area contributed by atoms with Crippen LogP contribution in [0.2, 0.25) is 0 Å². The fourth-order valence-corrected chi connectivity index (χ4v) is 6.89. The molecule has 2 aliphatic rings. The highest BCUT2D eigenvalue weighted by atomic mass is 32.2. The minimum atomic E-state index is -4.13. The second-order valence-corrected chi connectivity index (χ2v) is 11.3. The average Bonchev–Trinajstić information content (AvgIpc) is 3.35. The van der Waals surface area contributed by atoms with Gasteiger partial charge in [-0.05, 0) is 54.9 Å². The summed E-state index contributed by atoms with van der Waals surface area (Å²) in [5.74, 6) is 0.665. The minimum absolute atomic E-state index is 0.0472. The van der Waals surface area contributed by atoms with Gasteiger partial charge >= 0.3 is 5.69 Å². The number of nitrogens with one attached hydrogen (secondary N) is 1. The first-order chi connectivity index (χ1) is 15.3. The summed E-state index contributed by atoms with van der Waals surface area (Å²) in [6.07, 6.45) is 2.08. The van der Waals surface area contributed by atoms with Crippen molar-refractivity contribution in [2.45, 2.75) is 42.2 Å². The molecule has 1 aromatic heterocycles. The highest BCUT2D eigenvalue weighted by Gasteiger charge is 2.28. The topological polar surface area (TPSA) is 120 Å². The molecule has 1 N–H and O–H groups in total. The Labute approximate surface area is 191 Å². The monoisotopic (exact) mass is 497 g/mol. The number of anilines is 1. The number of sulfonamides is 1. The van der Waals surface area contributed by atoms with Crippen molar-refractivity contribution in [3.8, 4) is 5.69 Å². The Morgan fingerprint density at radius 1 is 1.22 bits per heavy atom. The van der Waals surface area contributed by atoms with Crippen LogP contribution in [0.15, 0.2) is 36.7 Å². The summed E-state index contributed by atoms with van der Waals surface area (Å²) >= 11 is 2.97. The van der Waals surface area contributed by atoms with Crippen molar-refractivity contribution >= 4 is 50.0 Å².